The molecule has 1 amide bonds. The molecule has 0 atom stereocenters. The smallest absolute Gasteiger partial charge is 0.228 e. The van der Waals surface area contributed by atoms with E-state index in [4.69, 9.17) is 11.6 Å². The van der Waals surface area contributed by atoms with Gasteiger partial charge in [0.05, 0.1) is 17.1 Å². The van der Waals surface area contributed by atoms with E-state index in [1.54, 1.807) is 19.1 Å². The molecule has 0 unspecified atom stereocenters. The average Bonchev–Trinajstić information content (AvgIpc) is 2.79. The molecule has 1 heterocycles. The first-order chi connectivity index (χ1) is 10.0. The fourth-order valence-corrected chi connectivity index (χ4v) is 2.56. The zero-order chi connectivity index (χ0) is 15.0. The maximum absolute atomic E-state index is 13.5. The fourth-order valence-electron chi connectivity index (χ4n) is 2.33. The number of anilines is 2. The van der Waals surface area contributed by atoms with Crippen LogP contribution in [0.1, 0.15) is 16.7 Å². The zero-order valence-electron chi connectivity index (χ0n) is 11.5. The molecule has 0 saturated carbocycles. The molecule has 108 valence electrons. The van der Waals surface area contributed by atoms with Gasteiger partial charge in [-0.3, -0.25) is 4.79 Å². The van der Waals surface area contributed by atoms with Crippen molar-refractivity contribution in [3.8, 4) is 0 Å². The Morgan fingerprint density at radius 2 is 2.14 bits per heavy atom. The van der Waals surface area contributed by atoms with Gasteiger partial charge >= 0.3 is 0 Å². The molecule has 1 aliphatic heterocycles. The van der Waals surface area contributed by atoms with Crippen LogP contribution in [0.15, 0.2) is 30.3 Å². The molecule has 5 heteroatoms. The highest BCUT2D eigenvalue weighted by molar-refractivity contribution is 6.33. The second kappa shape index (κ2) is 5.37. The number of nitrogens with one attached hydrogen (secondary N) is 2. The van der Waals surface area contributed by atoms with Crippen molar-refractivity contribution in [3.63, 3.8) is 0 Å². The number of hydrogen-bond acceptors (Lipinski definition) is 2. The second-order valence-electron chi connectivity index (χ2n) is 5.15. The molecule has 0 fully saturated rings. The molecule has 2 N–H and O–H groups in total. The Balaban J connectivity index is 1.78. The van der Waals surface area contributed by atoms with Crippen LogP contribution < -0.4 is 10.6 Å². The van der Waals surface area contributed by atoms with Crippen molar-refractivity contribution in [1.82, 2.24) is 0 Å². The number of hydrogen-bond donors (Lipinski definition) is 2. The largest absolute Gasteiger partial charge is 0.380 e. The fraction of sp³-hybridized carbons (Fsp3) is 0.188. The second-order valence-corrected chi connectivity index (χ2v) is 5.56. The quantitative estimate of drug-likeness (QED) is 0.903. The third kappa shape index (κ3) is 2.85. The summed E-state index contributed by atoms with van der Waals surface area (Å²) in [4.78, 5) is 11.4. The third-order valence-corrected chi connectivity index (χ3v) is 3.85. The first-order valence-corrected chi connectivity index (χ1v) is 7.02. The number of fused-ring (bicyclic) bond motifs is 1. The molecule has 3 rings (SSSR count). The van der Waals surface area contributed by atoms with Gasteiger partial charge in [0, 0.05) is 12.2 Å². The van der Waals surface area contributed by atoms with E-state index < -0.39 is 0 Å². The Morgan fingerprint density at radius 3 is 2.90 bits per heavy atom. The van der Waals surface area contributed by atoms with E-state index in [0.717, 1.165) is 22.5 Å². The van der Waals surface area contributed by atoms with Crippen molar-refractivity contribution in [3.05, 3.63) is 57.9 Å². The first kappa shape index (κ1) is 13.9. The van der Waals surface area contributed by atoms with Crippen molar-refractivity contribution in [2.45, 2.75) is 19.9 Å². The highest BCUT2D eigenvalue weighted by Crippen LogP contribution is 2.33. The summed E-state index contributed by atoms with van der Waals surface area (Å²) in [5.74, 6) is -0.247. The van der Waals surface area contributed by atoms with Gasteiger partial charge in [0.15, 0.2) is 0 Å². The number of carbonyl (C=O) groups excluding carboxylic acids is 1. The van der Waals surface area contributed by atoms with E-state index >= 15 is 0 Å². The lowest BCUT2D eigenvalue weighted by Crippen LogP contribution is -2.03. The minimum absolute atomic E-state index is 0.0289. The molecular formula is C16H14ClFN2O. The summed E-state index contributed by atoms with van der Waals surface area (Å²) in [5.41, 5.74) is 3.88. The first-order valence-electron chi connectivity index (χ1n) is 6.64. The van der Waals surface area contributed by atoms with E-state index in [-0.39, 0.29) is 11.7 Å². The molecule has 0 bridgehead atoms. The molecule has 0 radical (unpaired) electrons. The van der Waals surface area contributed by atoms with Crippen LogP contribution in [-0.2, 0) is 17.8 Å². The van der Waals surface area contributed by atoms with Crippen LogP contribution in [0.2, 0.25) is 5.02 Å². The minimum Gasteiger partial charge on any atom is -0.380 e. The van der Waals surface area contributed by atoms with Crippen LogP contribution in [0, 0.1) is 12.7 Å². The summed E-state index contributed by atoms with van der Waals surface area (Å²) < 4.78 is 13.5. The Labute approximate surface area is 127 Å². The predicted molar refractivity (Wildman–Crippen MR) is 82.2 cm³/mol. The Hall–Kier alpha value is -2.07. The van der Waals surface area contributed by atoms with Gasteiger partial charge in [0.2, 0.25) is 5.91 Å². The topological polar surface area (TPSA) is 41.1 Å². The van der Waals surface area contributed by atoms with Gasteiger partial charge in [-0.05, 0) is 41.8 Å². The number of aryl methyl sites for hydroxylation is 1. The SMILES string of the molecule is Cc1ccc(CNc2cc3c(cc2Cl)NC(=O)C3)cc1F. The molecule has 0 saturated heterocycles. The van der Waals surface area contributed by atoms with Crippen LogP contribution >= 0.6 is 11.6 Å². The lowest BCUT2D eigenvalue weighted by atomic mass is 10.1. The van der Waals surface area contributed by atoms with Crippen LogP contribution in [0.3, 0.4) is 0 Å². The molecule has 21 heavy (non-hydrogen) atoms. The molecule has 0 aromatic heterocycles. The Bertz CT molecular complexity index is 730. The molecule has 3 nitrogen and oxygen atoms in total. The molecule has 1 aliphatic rings. The van der Waals surface area contributed by atoms with E-state index in [1.165, 1.54) is 6.07 Å². The number of benzene rings is 2. The maximum Gasteiger partial charge on any atom is 0.228 e. The van der Waals surface area contributed by atoms with Crippen molar-refractivity contribution >= 4 is 28.9 Å². The average molecular weight is 305 g/mol. The monoisotopic (exact) mass is 304 g/mol. The summed E-state index contributed by atoms with van der Waals surface area (Å²) in [6.07, 6.45) is 0.361. The van der Waals surface area contributed by atoms with E-state index in [0.29, 0.717) is 23.6 Å². The van der Waals surface area contributed by atoms with Gasteiger partial charge < -0.3 is 10.6 Å². The van der Waals surface area contributed by atoms with E-state index in [9.17, 15) is 9.18 Å². The summed E-state index contributed by atoms with van der Waals surface area (Å²) >= 11 is 6.19. The number of rotatable bonds is 3. The van der Waals surface area contributed by atoms with Crippen molar-refractivity contribution in [1.29, 1.82) is 0 Å². The molecular weight excluding hydrogens is 291 g/mol. The van der Waals surface area contributed by atoms with Crippen molar-refractivity contribution in [2.75, 3.05) is 10.6 Å². The Morgan fingerprint density at radius 1 is 1.33 bits per heavy atom. The standard InChI is InChI=1S/C16H14ClFN2O/c1-9-2-3-10(4-13(9)18)8-19-15-5-11-6-16(21)20-14(11)7-12(15)17/h2-5,7,19H,6,8H2,1H3,(H,20,21). The van der Waals surface area contributed by atoms with Gasteiger partial charge in [0.25, 0.3) is 0 Å². The molecule has 0 aliphatic carbocycles. The third-order valence-electron chi connectivity index (χ3n) is 3.54. The number of carbonyl (C=O) groups is 1. The summed E-state index contributed by atoms with van der Waals surface area (Å²) in [5, 5.41) is 6.47. The van der Waals surface area contributed by atoms with E-state index in [1.807, 2.05) is 12.1 Å². The van der Waals surface area contributed by atoms with Crippen molar-refractivity contribution in [2.24, 2.45) is 0 Å². The lowest BCUT2D eigenvalue weighted by Gasteiger charge is -2.11. The van der Waals surface area contributed by atoms with Crippen LogP contribution in [-0.4, -0.2) is 5.91 Å². The highest BCUT2D eigenvalue weighted by Gasteiger charge is 2.19. The van der Waals surface area contributed by atoms with E-state index in [2.05, 4.69) is 10.6 Å². The van der Waals surface area contributed by atoms with Crippen LogP contribution in [0.5, 0.6) is 0 Å². The number of halogens is 2. The normalized spacial score (nSPS) is 13.0. The van der Waals surface area contributed by atoms with Gasteiger partial charge in [-0.2, -0.15) is 0 Å². The highest BCUT2D eigenvalue weighted by atomic mass is 35.5. The zero-order valence-corrected chi connectivity index (χ0v) is 12.2. The lowest BCUT2D eigenvalue weighted by molar-refractivity contribution is -0.115. The number of amides is 1. The summed E-state index contributed by atoms with van der Waals surface area (Å²) in [6.45, 7) is 2.20. The summed E-state index contributed by atoms with van der Waals surface area (Å²) in [6, 6.07) is 8.73. The maximum atomic E-state index is 13.5. The van der Waals surface area contributed by atoms with Crippen LogP contribution in [0.4, 0.5) is 15.8 Å². The van der Waals surface area contributed by atoms with Gasteiger partial charge in [-0.1, -0.05) is 23.7 Å². The van der Waals surface area contributed by atoms with Gasteiger partial charge in [0.1, 0.15) is 5.82 Å². The molecule has 2 aromatic rings. The van der Waals surface area contributed by atoms with Gasteiger partial charge in [-0.15, -0.1) is 0 Å². The molecule has 2 aromatic carbocycles. The Kier molecular flexibility index (Phi) is 3.55. The van der Waals surface area contributed by atoms with Gasteiger partial charge in [-0.25, -0.2) is 4.39 Å². The minimum atomic E-state index is -0.218. The van der Waals surface area contributed by atoms with Crippen LogP contribution in [0.25, 0.3) is 0 Å². The predicted octanol–water partition coefficient (Wildman–Crippen LogP) is 3.89. The summed E-state index contributed by atoms with van der Waals surface area (Å²) in [7, 11) is 0. The molecule has 0 spiro atoms. The van der Waals surface area contributed by atoms with Crippen molar-refractivity contribution < 1.29 is 9.18 Å².